The van der Waals surface area contributed by atoms with Crippen LogP contribution in [0.4, 0.5) is 5.69 Å². The van der Waals surface area contributed by atoms with E-state index < -0.39 is 0 Å². The molecule has 4 rings (SSSR count). The van der Waals surface area contributed by atoms with Gasteiger partial charge in [-0.1, -0.05) is 0 Å². The van der Waals surface area contributed by atoms with E-state index in [9.17, 15) is 10.2 Å². The summed E-state index contributed by atoms with van der Waals surface area (Å²) < 4.78 is 11.0. The van der Waals surface area contributed by atoms with E-state index >= 15 is 0 Å². The number of hydrogen-bond donors (Lipinski definition) is 2. The lowest BCUT2D eigenvalue weighted by Gasteiger charge is -2.30. The zero-order chi connectivity index (χ0) is 17.0. The van der Waals surface area contributed by atoms with E-state index in [2.05, 4.69) is 11.0 Å². The largest absolute Gasteiger partial charge is 0.508 e. The monoisotopic (exact) mass is 325 g/mol. The van der Waals surface area contributed by atoms with Gasteiger partial charge in [0.2, 0.25) is 5.75 Å². The van der Waals surface area contributed by atoms with Gasteiger partial charge in [0.05, 0.1) is 14.2 Å². The Hall–Kier alpha value is -2.82. The summed E-state index contributed by atoms with van der Waals surface area (Å²) >= 11 is 0. The summed E-state index contributed by atoms with van der Waals surface area (Å²) in [4.78, 5) is 2.18. The van der Waals surface area contributed by atoms with Gasteiger partial charge in [-0.25, -0.2) is 0 Å². The average Bonchev–Trinajstić information content (AvgIpc) is 2.57. The molecule has 5 heteroatoms. The maximum atomic E-state index is 10.7. The molecule has 2 N–H and O–H groups in total. The molecule has 0 unspecified atom stereocenters. The second-order valence-electron chi connectivity index (χ2n) is 6.12. The number of likely N-dealkylation sites (N-methyl/N-ethyl adjacent to an activating group) is 1. The summed E-state index contributed by atoms with van der Waals surface area (Å²) in [5.74, 6) is 1.12. The first-order valence-electron chi connectivity index (χ1n) is 7.83. The summed E-state index contributed by atoms with van der Waals surface area (Å²) in [5.41, 5.74) is 2.04. The molecule has 0 bridgehead atoms. The van der Waals surface area contributed by atoms with Crippen molar-refractivity contribution in [2.24, 2.45) is 0 Å². The van der Waals surface area contributed by atoms with Crippen molar-refractivity contribution in [3.8, 4) is 23.0 Å². The van der Waals surface area contributed by atoms with E-state index in [-0.39, 0.29) is 11.5 Å². The first kappa shape index (κ1) is 14.8. The topological polar surface area (TPSA) is 62.2 Å². The molecular formula is C19H19NO4. The summed E-state index contributed by atoms with van der Waals surface area (Å²) in [6.07, 6.45) is 0.782. The molecule has 5 nitrogen and oxygen atoms in total. The highest BCUT2D eigenvalue weighted by Gasteiger charge is 2.28. The number of phenolic OH excluding ortho intramolecular Hbond substituents is 2. The van der Waals surface area contributed by atoms with Gasteiger partial charge >= 0.3 is 0 Å². The smallest absolute Gasteiger partial charge is 0.201 e. The lowest BCUT2D eigenvalue weighted by molar-refractivity contribution is 0.340. The molecule has 0 spiro atoms. The Labute approximate surface area is 139 Å². The molecule has 0 fully saturated rings. The molecule has 1 heterocycles. The fraction of sp³-hybridized carbons (Fsp3) is 0.263. The first-order valence-corrected chi connectivity index (χ1v) is 7.83. The van der Waals surface area contributed by atoms with Crippen LogP contribution in [0.1, 0.15) is 5.56 Å². The third-order valence-corrected chi connectivity index (χ3v) is 4.85. The third kappa shape index (κ3) is 1.81. The molecule has 24 heavy (non-hydrogen) atoms. The van der Waals surface area contributed by atoms with E-state index in [1.807, 2.05) is 13.1 Å². The van der Waals surface area contributed by atoms with Crippen LogP contribution in [-0.2, 0) is 6.42 Å². The van der Waals surface area contributed by atoms with Gasteiger partial charge in [0.25, 0.3) is 0 Å². The van der Waals surface area contributed by atoms with Crippen LogP contribution >= 0.6 is 0 Å². The highest BCUT2D eigenvalue weighted by molar-refractivity contribution is 6.19. The number of rotatable bonds is 2. The van der Waals surface area contributed by atoms with Gasteiger partial charge in [0, 0.05) is 35.6 Å². The SMILES string of the molecule is COc1c(O)c(OC)c2c3c(cc4cc(O)ccc42)N(C)CCc13. The van der Waals surface area contributed by atoms with E-state index in [1.54, 1.807) is 26.4 Å². The normalized spacial score (nSPS) is 13.5. The van der Waals surface area contributed by atoms with E-state index in [1.165, 1.54) is 0 Å². The van der Waals surface area contributed by atoms with Crippen LogP contribution in [-0.4, -0.2) is 38.0 Å². The van der Waals surface area contributed by atoms with Gasteiger partial charge in [0.15, 0.2) is 11.5 Å². The number of benzene rings is 3. The Morgan fingerprint density at radius 2 is 1.75 bits per heavy atom. The first-order chi connectivity index (χ1) is 11.6. The number of fused-ring (bicyclic) bond motifs is 2. The van der Waals surface area contributed by atoms with Crippen LogP contribution in [0.3, 0.4) is 0 Å². The van der Waals surface area contributed by atoms with Crippen molar-refractivity contribution in [2.45, 2.75) is 6.42 Å². The molecule has 0 aromatic heterocycles. The van der Waals surface area contributed by atoms with Crippen LogP contribution in [0.5, 0.6) is 23.0 Å². The van der Waals surface area contributed by atoms with Gasteiger partial charge in [-0.15, -0.1) is 0 Å². The number of phenols is 2. The summed E-state index contributed by atoms with van der Waals surface area (Å²) in [5, 5.41) is 24.2. The second kappa shape index (κ2) is 5.09. The molecule has 124 valence electrons. The van der Waals surface area contributed by atoms with Crippen molar-refractivity contribution in [1.82, 2.24) is 0 Å². The second-order valence-corrected chi connectivity index (χ2v) is 6.12. The highest BCUT2D eigenvalue weighted by Crippen LogP contribution is 2.52. The number of ether oxygens (including phenoxy) is 2. The fourth-order valence-corrected chi connectivity index (χ4v) is 3.76. The van der Waals surface area contributed by atoms with Gasteiger partial charge in [-0.2, -0.15) is 0 Å². The van der Waals surface area contributed by atoms with E-state index in [4.69, 9.17) is 9.47 Å². The molecule has 3 aromatic carbocycles. The van der Waals surface area contributed by atoms with Crippen molar-refractivity contribution in [3.63, 3.8) is 0 Å². The molecule has 1 aliphatic heterocycles. The molecule has 0 aliphatic carbocycles. The molecule has 1 aliphatic rings. The Morgan fingerprint density at radius 1 is 1.00 bits per heavy atom. The Kier molecular flexibility index (Phi) is 3.13. The molecule has 0 saturated carbocycles. The minimum Gasteiger partial charge on any atom is -0.508 e. The predicted molar refractivity (Wildman–Crippen MR) is 94.9 cm³/mol. The highest BCUT2D eigenvalue weighted by atomic mass is 16.5. The van der Waals surface area contributed by atoms with Crippen molar-refractivity contribution in [2.75, 3.05) is 32.7 Å². The maximum absolute atomic E-state index is 10.7. The maximum Gasteiger partial charge on any atom is 0.201 e. The lowest BCUT2D eigenvalue weighted by atomic mass is 9.90. The fourth-order valence-electron chi connectivity index (χ4n) is 3.76. The van der Waals surface area contributed by atoms with E-state index in [0.717, 1.165) is 45.8 Å². The quantitative estimate of drug-likeness (QED) is 0.707. The Morgan fingerprint density at radius 3 is 2.46 bits per heavy atom. The predicted octanol–water partition coefficient (Wildman–Crippen LogP) is 3.41. The zero-order valence-electron chi connectivity index (χ0n) is 13.9. The zero-order valence-corrected chi connectivity index (χ0v) is 13.9. The number of hydrogen-bond acceptors (Lipinski definition) is 5. The van der Waals surface area contributed by atoms with Crippen LogP contribution < -0.4 is 14.4 Å². The van der Waals surface area contributed by atoms with Gasteiger partial charge in [-0.3, -0.25) is 0 Å². The molecule has 0 radical (unpaired) electrons. The van der Waals surface area contributed by atoms with Crippen LogP contribution in [0.25, 0.3) is 21.5 Å². The van der Waals surface area contributed by atoms with Crippen molar-refractivity contribution >= 4 is 27.2 Å². The number of aromatic hydroxyl groups is 2. The van der Waals surface area contributed by atoms with Crippen LogP contribution in [0.2, 0.25) is 0 Å². The summed E-state index contributed by atoms with van der Waals surface area (Å²) in [6.45, 7) is 0.828. The van der Waals surface area contributed by atoms with Gasteiger partial charge in [-0.05, 0) is 41.5 Å². The lowest BCUT2D eigenvalue weighted by Crippen LogP contribution is -2.25. The molecule has 0 atom stereocenters. The molecule has 0 amide bonds. The molecule has 0 saturated heterocycles. The van der Waals surface area contributed by atoms with Crippen LogP contribution in [0.15, 0.2) is 24.3 Å². The summed E-state index contributed by atoms with van der Waals surface area (Å²) in [7, 11) is 5.15. The molecule has 3 aromatic rings. The minimum absolute atomic E-state index is 0.0265. The van der Waals surface area contributed by atoms with Crippen LogP contribution in [0, 0.1) is 0 Å². The van der Waals surface area contributed by atoms with Crippen molar-refractivity contribution in [1.29, 1.82) is 0 Å². The third-order valence-electron chi connectivity index (χ3n) is 4.85. The number of nitrogens with zero attached hydrogens (tertiary/aromatic N) is 1. The minimum atomic E-state index is 0.0265. The number of methoxy groups -OCH3 is 2. The standard InChI is InChI=1S/C19H19NO4/c1-20-7-6-13-15-14(20)9-10-8-11(21)4-5-12(10)16(15)19(24-3)17(22)18(13)23-2/h4-5,8-9,21-22H,6-7H2,1-3H3. The Bertz CT molecular complexity index is 981. The van der Waals surface area contributed by atoms with Crippen molar-refractivity contribution in [3.05, 3.63) is 29.8 Å². The van der Waals surface area contributed by atoms with Gasteiger partial charge < -0.3 is 24.6 Å². The van der Waals surface area contributed by atoms with Crippen molar-refractivity contribution < 1.29 is 19.7 Å². The number of anilines is 1. The summed E-state index contributed by atoms with van der Waals surface area (Å²) in [6, 6.07) is 7.30. The average molecular weight is 325 g/mol. The van der Waals surface area contributed by atoms with E-state index in [0.29, 0.717) is 11.5 Å². The molecular weight excluding hydrogens is 306 g/mol. The van der Waals surface area contributed by atoms with Gasteiger partial charge in [0.1, 0.15) is 5.75 Å². The Balaban J connectivity index is 2.32.